The van der Waals surface area contributed by atoms with Crippen molar-refractivity contribution in [2.24, 2.45) is 0 Å². The molecule has 0 aromatic rings. The molecule has 0 aromatic carbocycles. The molecule has 0 saturated carbocycles. The van der Waals surface area contributed by atoms with Crippen LogP contribution in [0.5, 0.6) is 0 Å². The minimum atomic E-state index is -1.98. The molecule has 0 amide bonds. The molecule has 2 aliphatic rings. The van der Waals surface area contributed by atoms with Crippen LogP contribution in [0.3, 0.4) is 0 Å². The molecule has 146 valence electrons. The Hall–Kier alpha value is -0.513. The maximum atomic E-state index is 11.4. The van der Waals surface area contributed by atoms with Crippen molar-refractivity contribution in [2.75, 3.05) is 6.61 Å². The van der Waals surface area contributed by atoms with Gasteiger partial charge in [-0.3, -0.25) is 4.79 Å². The highest BCUT2D eigenvalue weighted by molar-refractivity contribution is 6.74. The second kappa shape index (κ2) is 6.90. The van der Waals surface area contributed by atoms with Gasteiger partial charge in [-0.15, -0.1) is 0 Å². The van der Waals surface area contributed by atoms with E-state index in [2.05, 4.69) is 33.9 Å². The number of carbonyl (C=O) groups is 1. The van der Waals surface area contributed by atoms with Gasteiger partial charge in [0.1, 0.15) is 18.3 Å². The Bertz CT molecular complexity index is 500. The van der Waals surface area contributed by atoms with Crippen molar-refractivity contribution < 1.29 is 33.3 Å². The van der Waals surface area contributed by atoms with Gasteiger partial charge in [-0.1, -0.05) is 20.8 Å². The third kappa shape index (κ3) is 4.61. The molecular formula is C17H32O7Si. The molecule has 2 heterocycles. The van der Waals surface area contributed by atoms with Crippen LogP contribution in [-0.2, 0) is 28.2 Å². The van der Waals surface area contributed by atoms with E-state index >= 15 is 0 Å². The number of ether oxygens (including phenoxy) is 4. The van der Waals surface area contributed by atoms with E-state index < -0.39 is 50.8 Å². The van der Waals surface area contributed by atoms with Gasteiger partial charge in [-0.25, -0.2) is 0 Å². The van der Waals surface area contributed by atoms with Crippen molar-refractivity contribution in [1.82, 2.24) is 0 Å². The Morgan fingerprint density at radius 3 is 2.28 bits per heavy atom. The number of hydrogen-bond acceptors (Lipinski definition) is 7. The summed E-state index contributed by atoms with van der Waals surface area (Å²) in [6.45, 7) is 15.9. The second-order valence-corrected chi connectivity index (χ2v) is 13.6. The van der Waals surface area contributed by atoms with Gasteiger partial charge in [0.2, 0.25) is 0 Å². The van der Waals surface area contributed by atoms with Crippen LogP contribution in [0.2, 0.25) is 18.1 Å². The van der Waals surface area contributed by atoms with Gasteiger partial charge in [0.05, 0.1) is 6.61 Å². The van der Waals surface area contributed by atoms with Gasteiger partial charge in [0.25, 0.3) is 0 Å². The molecule has 0 spiro atoms. The number of hydrogen-bond donors (Lipinski definition) is 1. The molecule has 7 nitrogen and oxygen atoms in total. The van der Waals surface area contributed by atoms with E-state index in [0.29, 0.717) is 6.61 Å². The fourth-order valence-electron chi connectivity index (χ4n) is 2.81. The molecule has 0 aromatic heterocycles. The zero-order valence-electron chi connectivity index (χ0n) is 16.5. The quantitative estimate of drug-likeness (QED) is 0.595. The highest BCUT2D eigenvalue weighted by atomic mass is 28.4. The minimum Gasteiger partial charge on any atom is -0.454 e. The van der Waals surface area contributed by atoms with Crippen LogP contribution < -0.4 is 0 Å². The Kier molecular flexibility index (Phi) is 5.74. The molecule has 0 aliphatic carbocycles. The van der Waals surface area contributed by atoms with E-state index in [-0.39, 0.29) is 5.04 Å². The van der Waals surface area contributed by atoms with Crippen LogP contribution in [0, 0.1) is 0 Å². The zero-order chi connectivity index (χ0) is 19.2. The molecule has 25 heavy (non-hydrogen) atoms. The number of aliphatic hydroxyl groups is 1. The van der Waals surface area contributed by atoms with E-state index in [1.54, 1.807) is 13.8 Å². The Morgan fingerprint density at radius 1 is 1.20 bits per heavy atom. The van der Waals surface area contributed by atoms with Gasteiger partial charge in [-0.05, 0) is 32.0 Å². The normalized spacial score (nSPS) is 35.3. The van der Waals surface area contributed by atoms with Crippen LogP contribution >= 0.6 is 0 Å². The standard InChI is InChI=1S/C17H32O7Si/c1-10(18)21-14-13-12(23-17(5,6)24-13)11(22-15(14)19)9-20-25(7,8)16(2,3)4/h11-15,19H,9H2,1-8H3/t11-,12+,13+,14-,15?/m1/s1. The smallest absolute Gasteiger partial charge is 0.303 e. The first-order valence-electron chi connectivity index (χ1n) is 8.74. The van der Waals surface area contributed by atoms with E-state index in [4.69, 9.17) is 23.4 Å². The van der Waals surface area contributed by atoms with Crippen LogP contribution in [0.4, 0.5) is 0 Å². The highest BCUT2D eigenvalue weighted by Crippen LogP contribution is 2.40. The van der Waals surface area contributed by atoms with Gasteiger partial charge in [0.15, 0.2) is 26.5 Å². The fraction of sp³-hybridized carbons (Fsp3) is 0.941. The average Bonchev–Trinajstić information content (AvgIpc) is 2.74. The van der Waals surface area contributed by atoms with Crippen molar-refractivity contribution in [3.05, 3.63) is 0 Å². The predicted octanol–water partition coefficient (Wildman–Crippen LogP) is 2.18. The SMILES string of the molecule is CC(=O)O[C@H]1C(O)O[C@H](CO[Si](C)(C)C(C)(C)C)[C@@H]2OC(C)(C)O[C@@H]21. The lowest BCUT2D eigenvalue weighted by molar-refractivity contribution is -0.269. The topological polar surface area (TPSA) is 83.5 Å². The number of rotatable bonds is 4. The molecule has 0 bridgehead atoms. The van der Waals surface area contributed by atoms with Crippen LogP contribution in [-0.4, -0.2) is 62.5 Å². The van der Waals surface area contributed by atoms with Crippen LogP contribution in [0.15, 0.2) is 0 Å². The van der Waals surface area contributed by atoms with E-state index in [1.165, 1.54) is 6.92 Å². The lowest BCUT2D eigenvalue weighted by atomic mass is 9.99. The first-order valence-corrected chi connectivity index (χ1v) is 11.6. The summed E-state index contributed by atoms with van der Waals surface area (Å²) < 4.78 is 29.0. The second-order valence-electron chi connectivity index (χ2n) is 8.78. The van der Waals surface area contributed by atoms with Crippen molar-refractivity contribution >= 4 is 14.3 Å². The zero-order valence-corrected chi connectivity index (χ0v) is 17.5. The van der Waals surface area contributed by atoms with E-state index in [1.807, 2.05) is 0 Å². The van der Waals surface area contributed by atoms with Crippen molar-refractivity contribution in [3.63, 3.8) is 0 Å². The Labute approximate surface area is 151 Å². The maximum absolute atomic E-state index is 11.4. The molecule has 1 unspecified atom stereocenters. The summed E-state index contributed by atoms with van der Waals surface area (Å²) in [6.07, 6.45) is -3.78. The monoisotopic (exact) mass is 376 g/mol. The van der Waals surface area contributed by atoms with E-state index in [0.717, 1.165) is 0 Å². The summed E-state index contributed by atoms with van der Waals surface area (Å²) in [5, 5.41) is 10.4. The predicted molar refractivity (Wildman–Crippen MR) is 93.4 cm³/mol. The fourth-order valence-corrected chi connectivity index (χ4v) is 3.83. The molecule has 8 heteroatoms. The number of fused-ring (bicyclic) bond motifs is 1. The first kappa shape index (κ1) is 20.8. The van der Waals surface area contributed by atoms with E-state index in [9.17, 15) is 9.90 Å². The third-order valence-electron chi connectivity index (χ3n) is 5.17. The van der Waals surface area contributed by atoms with Gasteiger partial charge < -0.3 is 28.5 Å². The van der Waals surface area contributed by atoms with Crippen LogP contribution in [0.25, 0.3) is 0 Å². The molecule has 2 saturated heterocycles. The lowest BCUT2D eigenvalue weighted by Gasteiger charge is -2.42. The van der Waals surface area contributed by atoms with Crippen molar-refractivity contribution in [3.8, 4) is 0 Å². The average molecular weight is 377 g/mol. The molecular weight excluding hydrogens is 344 g/mol. The van der Waals surface area contributed by atoms with Crippen molar-refractivity contribution in [2.45, 2.75) is 96.2 Å². The number of carbonyl (C=O) groups excluding carboxylic acids is 1. The maximum Gasteiger partial charge on any atom is 0.303 e. The summed E-state index contributed by atoms with van der Waals surface area (Å²) in [5.74, 6) is -1.35. The lowest BCUT2D eigenvalue weighted by Crippen LogP contribution is -2.59. The summed E-state index contributed by atoms with van der Waals surface area (Å²) in [4.78, 5) is 11.4. The number of aliphatic hydroxyl groups excluding tert-OH is 1. The van der Waals surface area contributed by atoms with Gasteiger partial charge in [-0.2, -0.15) is 0 Å². The summed E-state index contributed by atoms with van der Waals surface area (Å²) in [5.41, 5.74) is 0. The molecule has 0 radical (unpaired) electrons. The third-order valence-corrected chi connectivity index (χ3v) is 9.67. The molecule has 2 rings (SSSR count). The molecule has 2 fully saturated rings. The number of esters is 1. The van der Waals surface area contributed by atoms with Gasteiger partial charge >= 0.3 is 5.97 Å². The molecule has 5 atom stereocenters. The highest BCUT2D eigenvalue weighted by Gasteiger charge is 2.56. The Morgan fingerprint density at radius 2 is 1.76 bits per heavy atom. The molecule has 1 N–H and O–H groups in total. The first-order chi connectivity index (χ1) is 11.2. The van der Waals surface area contributed by atoms with Crippen molar-refractivity contribution in [1.29, 1.82) is 0 Å². The minimum absolute atomic E-state index is 0.0618. The molecule has 2 aliphatic heterocycles. The Balaban J connectivity index is 2.14. The summed E-state index contributed by atoms with van der Waals surface area (Å²) in [7, 11) is -1.98. The largest absolute Gasteiger partial charge is 0.454 e. The van der Waals surface area contributed by atoms with Gasteiger partial charge in [0, 0.05) is 6.92 Å². The van der Waals surface area contributed by atoms with Crippen LogP contribution in [0.1, 0.15) is 41.5 Å². The summed E-state index contributed by atoms with van der Waals surface area (Å²) >= 11 is 0. The summed E-state index contributed by atoms with van der Waals surface area (Å²) in [6, 6.07) is 0.